The van der Waals surface area contributed by atoms with Crippen LogP contribution in [0.15, 0.2) is 42.5 Å². The SMILES string of the molecule is c1ccc(C2CC(N3CCOCC3)Oc3cc4c(cc32)OCO4)cc1. The van der Waals surface area contributed by atoms with Crippen molar-refractivity contribution in [1.29, 1.82) is 0 Å². The summed E-state index contributed by atoms with van der Waals surface area (Å²) in [6, 6.07) is 14.7. The summed E-state index contributed by atoms with van der Waals surface area (Å²) in [5.41, 5.74) is 2.49. The zero-order chi connectivity index (χ0) is 16.6. The topological polar surface area (TPSA) is 40.2 Å². The molecule has 2 aromatic carbocycles. The van der Waals surface area contributed by atoms with E-state index in [1.807, 2.05) is 6.07 Å². The Hall–Kier alpha value is -2.24. The Bertz CT molecular complexity index is 758. The molecule has 25 heavy (non-hydrogen) atoms. The van der Waals surface area contributed by atoms with E-state index in [0.717, 1.165) is 50.0 Å². The van der Waals surface area contributed by atoms with Crippen molar-refractivity contribution in [2.45, 2.75) is 18.6 Å². The van der Waals surface area contributed by atoms with Gasteiger partial charge in [-0.2, -0.15) is 0 Å². The molecule has 2 aromatic rings. The summed E-state index contributed by atoms with van der Waals surface area (Å²) in [6.45, 7) is 3.63. The first-order valence-electron chi connectivity index (χ1n) is 8.85. The van der Waals surface area contributed by atoms with Crippen LogP contribution in [0.5, 0.6) is 17.2 Å². The lowest BCUT2D eigenvalue weighted by Crippen LogP contribution is -2.48. The number of ether oxygens (including phenoxy) is 4. The van der Waals surface area contributed by atoms with Crippen LogP contribution in [0.3, 0.4) is 0 Å². The predicted octanol–water partition coefficient (Wildman–Crippen LogP) is 2.99. The van der Waals surface area contributed by atoms with Crippen molar-refractivity contribution in [3.8, 4) is 17.2 Å². The first-order chi connectivity index (χ1) is 12.4. The molecule has 0 aliphatic carbocycles. The third-order valence-corrected chi connectivity index (χ3v) is 5.24. The second kappa shape index (κ2) is 6.24. The normalized spacial score (nSPS) is 25.3. The maximum Gasteiger partial charge on any atom is 0.231 e. The summed E-state index contributed by atoms with van der Waals surface area (Å²) in [5.74, 6) is 2.77. The number of rotatable bonds is 2. The van der Waals surface area contributed by atoms with Gasteiger partial charge in [-0.05, 0) is 11.6 Å². The van der Waals surface area contributed by atoms with Crippen LogP contribution >= 0.6 is 0 Å². The Morgan fingerprint density at radius 2 is 1.64 bits per heavy atom. The van der Waals surface area contributed by atoms with Gasteiger partial charge < -0.3 is 18.9 Å². The van der Waals surface area contributed by atoms with Gasteiger partial charge in [0.1, 0.15) is 5.75 Å². The van der Waals surface area contributed by atoms with Crippen LogP contribution in [0.4, 0.5) is 0 Å². The van der Waals surface area contributed by atoms with Crippen molar-refractivity contribution < 1.29 is 18.9 Å². The lowest BCUT2D eigenvalue weighted by atomic mass is 9.85. The highest BCUT2D eigenvalue weighted by Crippen LogP contribution is 2.47. The zero-order valence-corrected chi connectivity index (χ0v) is 14.0. The molecule has 130 valence electrons. The number of hydrogen-bond acceptors (Lipinski definition) is 5. The van der Waals surface area contributed by atoms with Crippen molar-refractivity contribution in [2.24, 2.45) is 0 Å². The smallest absolute Gasteiger partial charge is 0.231 e. The van der Waals surface area contributed by atoms with E-state index in [1.54, 1.807) is 0 Å². The molecule has 0 amide bonds. The lowest BCUT2D eigenvalue weighted by molar-refractivity contribution is -0.0558. The Kier molecular flexibility index (Phi) is 3.76. The van der Waals surface area contributed by atoms with E-state index in [0.29, 0.717) is 0 Å². The van der Waals surface area contributed by atoms with Crippen molar-refractivity contribution >= 4 is 0 Å². The molecule has 3 heterocycles. The molecule has 0 N–H and O–H groups in total. The van der Waals surface area contributed by atoms with Gasteiger partial charge >= 0.3 is 0 Å². The molecule has 1 saturated heterocycles. The fraction of sp³-hybridized carbons (Fsp3) is 0.400. The van der Waals surface area contributed by atoms with Gasteiger partial charge in [0, 0.05) is 37.1 Å². The van der Waals surface area contributed by atoms with Crippen LogP contribution < -0.4 is 14.2 Å². The zero-order valence-electron chi connectivity index (χ0n) is 14.0. The first-order valence-corrected chi connectivity index (χ1v) is 8.85. The molecule has 2 atom stereocenters. The van der Waals surface area contributed by atoms with E-state index in [-0.39, 0.29) is 18.9 Å². The van der Waals surface area contributed by atoms with E-state index in [1.165, 1.54) is 11.1 Å². The summed E-state index contributed by atoms with van der Waals surface area (Å²) < 4.78 is 23.0. The third-order valence-electron chi connectivity index (χ3n) is 5.24. The van der Waals surface area contributed by atoms with E-state index in [9.17, 15) is 0 Å². The summed E-state index contributed by atoms with van der Waals surface area (Å²) in [4.78, 5) is 2.38. The Labute approximate surface area is 147 Å². The second-order valence-corrected chi connectivity index (χ2v) is 6.66. The van der Waals surface area contributed by atoms with Gasteiger partial charge in [0.05, 0.1) is 13.2 Å². The lowest BCUT2D eigenvalue weighted by Gasteiger charge is -2.40. The number of morpholine rings is 1. The second-order valence-electron chi connectivity index (χ2n) is 6.66. The van der Waals surface area contributed by atoms with E-state index < -0.39 is 0 Å². The highest BCUT2D eigenvalue weighted by atomic mass is 16.7. The molecule has 3 aliphatic rings. The van der Waals surface area contributed by atoms with Crippen LogP contribution in [-0.4, -0.2) is 44.2 Å². The molecule has 0 radical (unpaired) electrons. The summed E-state index contributed by atoms with van der Waals surface area (Å²) in [5, 5.41) is 0. The van der Waals surface area contributed by atoms with Gasteiger partial charge in [-0.25, -0.2) is 0 Å². The highest BCUT2D eigenvalue weighted by molar-refractivity contribution is 5.55. The van der Waals surface area contributed by atoms with Crippen molar-refractivity contribution in [2.75, 3.05) is 33.1 Å². The molecule has 0 bridgehead atoms. The van der Waals surface area contributed by atoms with Crippen molar-refractivity contribution in [3.05, 3.63) is 53.6 Å². The molecule has 5 heteroatoms. The highest BCUT2D eigenvalue weighted by Gasteiger charge is 2.35. The van der Waals surface area contributed by atoms with Crippen LogP contribution in [0.2, 0.25) is 0 Å². The monoisotopic (exact) mass is 339 g/mol. The quantitative estimate of drug-likeness (QED) is 0.841. The molecular formula is C20H21NO4. The summed E-state index contributed by atoms with van der Waals surface area (Å²) in [7, 11) is 0. The Morgan fingerprint density at radius 3 is 2.44 bits per heavy atom. The van der Waals surface area contributed by atoms with Crippen LogP contribution in [0.25, 0.3) is 0 Å². The molecule has 2 unspecified atom stereocenters. The minimum atomic E-state index is 0.0574. The van der Waals surface area contributed by atoms with Gasteiger partial charge in [0.2, 0.25) is 6.79 Å². The van der Waals surface area contributed by atoms with Gasteiger partial charge in [-0.15, -0.1) is 0 Å². The number of nitrogens with zero attached hydrogens (tertiary/aromatic N) is 1. The van der Waals surface area contributed by atoms with Gasteiger partial charge in [-0.3, -0.25) is 4.90 Å². The van der Waals surface area contributed by atoms with Gasteiger partial charge in [-0.1, -0.05) is 30.3 Å². The molecule has 5 nitrogen and oxygen atoms in total. The average Bonchev–Trinajstić information content (AvgIpc) is 3.14. The minimum absolute atomic E-state index is 0.0574. The Morgan fingerprint density at radius 1 is 0.880 bits per heavy atom. The predicted molar refractivity (Wildman–Crippen MR) is 92.3 cm³/mol. The van der Waals surface area contributed by atoms with Crippen molar-refractivity contribution in [3.63, 3.8) is 0 Å². The number of fused-ring (bicyclic) bond motifs is 2. The van der Waals surface area contributed by atoms with Crippen LogP contribution in [0.1, 0.15) is 23.5 Å². The number of benzene rings is 2. The molecule has 0 aromatic heterocycles. The van der Waals surface area contributed by atoms with Crippen LogP contribution in [-0.2, 0) is 4.74 Å². The van der Waals surface area contributed by atoms with Gasteiger partial charge in [0.15, 0.2) is 17.7 Å². The summed E-state index contributed by atoms with van der Waals surface area (Å²) >= 11 is 0. The van der Waals surface area contributed by atoms with E-state index in [4.69, 9.17) is 18.9 Å². The molecule has 0 spiro atoms. The van der Waals surface area contributed by atoms with E-state index >= 15 is 0 Å². The molecular weight excluding hydrogens is 318 g/mol. The summed E-state index contributed by atoms with van der Waals surface area (Å²) in [6.07, 6.45) is 0.985. The Balaban J connectivity index is 1.55. The molecule has 3 aliphatic heterocycles. The number of hydrogen-bond donors (Lipinski definition) is 0. The largest absolute Gasteiger partial charge is 0.475 e. The first kappa shape index (κ1) is 15.0. The third kappa shape index (κ3) is 2.73. The molecule has 1 fully saturated rings. The minimum Gasteiger partial charge on any atom is -0.475 e. The molecule has 5 rings (SSSR count). The van der Waals surface area contributed by atoms with Crippen LogP contribution in [0, 0.1) is 0 Å². The van der Waals surface area contributed by atoms with E-state index in [2.05, 4.69) is 41.3 Å². The van der Waals surface area contributed by atoms with Gasteiger partial charge in [0.25, 0.3) is 0 Å². The maximum atomic E-state index is 6.38. The fourth-order valence-electron chi connectivity index (χ4n) is 3.93. The van der Waals surface area contributed by atoms with Crippen molar-refractivity contribution in [1.82, 2.24) is 4.90 Å². The fourth-order valence-corrected chi connectivity index (χ4v) is 3.93. The average molecular weight is 339 g/mol. The molecule has 0 saturated carbocycles. The standard InChI is InChI=1S/C20H21NO4/c1-2-4-14(5-3-1)15-11-20(21-6-8-22-9-7-21)25-17-12-19-18(10-16(15)17)23-13-24-19/h1-5,10,12,15,20H,6-9,11,13H2. The maximum absolute atomic E-state index is 6.38.